The maximum absolute atomic E-state index is 12.3. The van der Waals surface area contributed by atoms with E-state index in [0.29, 0.717) is 0 Å². The molecule has 92 valence electrons. The lowest BCUT2D eigenvalue weighted by molar-refractivity contribution is -0.126. The number of nitrogens with one attached hydrogen (secondary N) is 2. The van der Waals surface area contributed by atoms with Gasteiger partial charge < -0.3 is 10.6 Å². The SMILES string of the molecule is Cc1cccc2c1NC(=O)C(C)(C)C(C)(C)N2. The zero-order chi connectivity index (χ0) is 12.8. The van der Waals surface area contributed by atoms with E-state index in [1.807, 2.05) is 39.0 Å². The molecule has 2 N–H and O–H groups in total. The Balaban J connectivity index is 2.59. The molecule has 0 saturated carbocycles. The average Bonchev–Trinajstić information content (AvgIpc) is 2.27. The van der Waals surface area contributed by atoms with Crippen molar-refractivity contribution >= 4 is 17.3 Å². The van der Waals surface area contributed by atoms with Gasteiger partial charge in [0, 0.05) is 5.54 Å². The highest BCUT2D eigenvalue weighted by Crippen LogP contribution is 2.41. The Kier molecular flexibility index (Phi) is 2.45. The second kappa shape index (κ2) is 3.49. The Morgan fingerprint density at radius 2 is 1.76 bits per heavy atom. The second-order valence-corrected chi connectivity index (χ2v) is 5.83. The smallest absolute Gasteiger partial charge is 0.232 e. The number of para-hydroxylation sites is 1. The minimum absolute atomic E-state index is 0.0584. The third-order valence-corrected chi connectivity index (χ3v) is 4.09. The van der Waals surface area contributed by atoms with E-state index in [4.69, 9.17) is 0 Å². The van der Waals surface area contributed by atoms with Crippen molar-refractivity contribution in [2.24, 2.45) is 5.41 Å². The molecule has 0 bridgehead atoms. The maximum Gasteiger partial charge on any atom is 0.232 e. The van der Waals surface area contributed by atoms with Gasteiger partial charge >= 0.3 is 0 Å². The predicted molar refractivity (Wildman–Crippen MR) is 71.3 cm³/mol. The first-order chi connectivity index (χ1) is 7.75. The van der Waals surface area contributed by atoms with Crippen molar-refractivity contribution in [3.8, 4) is 0 Å². The lowest BCUT2D eigenvalue weighted by Gasteiger charge is -2.39. The van der Waals surface area contributed by atoms with Crippen molar-refractivity contribution in [2.75, 3.05) is 10.6 Å². The van der Waals surface area contributed by atoms with E-state index in [1.54, 1.807) is 0 Å². The molecule has 0 aliphatic carbocycles. The number of fused-ring (bicyclic) bond motifs is 1. The van der Waals surface area contributed by atoms with Crippen molar-refractivity contribution in [1.82, 2.24) is 0 Å². The van der Waals surface area contributed by atoms with Gasteiger partial charge in [0.25, 0.3) is 0 Å². The summed E-state index contributed by atoms with van der Waals surface area (Å²) in [5.74, 6) is 0.0584. The number of benzene rings is 1. The largest absolute Gasteiger partial charge is 0.377 e. The van der Waals surface area contributed by atoms with Gasteiger partial charge in [-0.15, -0.1) is 0 Å². The van der Waals surface area contributed by atoms with Crippen LogP contribution in [0.3, 0.4) is 0 Å². The molecule has 1 amide bonds. The van der Waals surface area contributed by atoms with E-state index >= 15 is 0 Å². The third-order valence-electron chi connectivity index (χ3n) is 4.09. The first kappa shape index (κ1) is 12.0. The van der Waals surface area contributed by atoms with E-state index in [-0.39, 0.29) is 11.4 Å². The molecule has 3 heteroatoms. The van der Waals surface area contributed by atoms with E-state index in [0.717, 1.165) is 16.9 Å². The van der Waals surface area contributed by atoms with Crippen LogP contribution in [0.5, 0.6) is 0 Å². The number of aryl methyl sites for hydroxylation is 1. The van der Waals surface area contributed by atoms with Gasteiger partial charge in [0.05, 0.1) is 16.8 Å². The number of amides is 1. The van der Waals surface area contributed by atoms with Gasteiger partial charge in [0.15, 0.2) is 0 Å². The Morgan fingerprint density at radius 3 is 2.41 bits per heavy atom. The van der Waals surface area contributed by atoms with Crippen LogP contribution < -0.4 is 10.6 Å². The Morgan fingerprint density at radius 1 is 1.12 bits per heavy atom. The summed E-state index contributed by atoms with van der Waals surface area (Å²) in [5.41, 5.74) is 2.20. The molecule has 0 aromatic heterocycles. The highest BCUT2D eigenvalue weighted by atomic mass is 16.2. The fourth-order valence-electron chi connectivity index (χ4n) is 1.98. The van der Waals surface area contributed by atoms with Gasteiger partial charge in [0.2, 0.25) is 5.91 Å². The standard InChI is InChI=1S/C14H20N2O/c1-9-7-6-8-10-11(9)15-12(17)13(2,3)14(4,5)16-10/h6-8,16H,1-5H3,(H,15,17). The molecule has 0 atom stereocenters. The molecule has 0 spiro atoms. The van der Waals surface area contributed by atoms with Crippen LogP contribution in [0.4, 0.5) is 11.4 Å². The molecule has 1 aliphatic heterocycles. The normalized spacial score (nSPS) is 20.9. The van der Waals surface area contributed by atoms with Crippen molar-refractivity contribution in [3.05, 3.63) is 23.8 Å². The quantitative estimate of drug-likeness (QED) is 0.721. The van der Waals surface area contributed by atoms with Gasteiger partial charge in [-0.2, -0.15) is 0 Å². The summed E-state index contributed by atoms with van der Waals surface area (Å²) < 4.78 is 0. The van der Waals surface area contributed by atoms with Crippen LogP contribution >= 0.6 is 0 Å². The van der Waals surface area contributed by atoms with Crippen molar-refractivity contribution in [1.29, 1.82) is 0 Å². The number of carbonyl (C=O) groups is 1. The summed E-state index contributed by atoms with van der Waals surface area (Å²) in [6.45, 7) is 10.1. The molecule has 0 fully saturated rings. The van der Waals surface area contributed by atoms with Crippen LogP contribution in [0.1, 0.15) is 33.3 Å². The van der Waals surface area contributed by atoms with E-state index in [9.17, 15) is 4.79 Å². The third kappa shape index (κ3) is 1.70. The number of carbonyl (C=O) groups excluding carboxylic acids is 1. The van der Waals surface area contributed by atoms with Crippen molar-refractivity contribution < 1.29 is 4.79 Å². The molecule has 17 heavy (non-hydrogen) atoms. The highest BCUT2D eigenvalue weighted by molar-refractivity contribution is 6.01. The molecule has 0 radical (unpaired) electrons. The van der Waals surface area contributed by atoms with Gasteiger partial charge in [-0.3, -0.25) is 4.79 Å². The molecule has 2 rings (SSSR count). The summed E-state index contributed by atoms with van der Waals surface area (Å²) in [7, 11) is 0. The highest BCUT2D eigenvalue weighted by Gasteiger charge is 2.45. The number of rotatable bonds is 0. The molecule has 1 aromatic rings. The summed E-state index contributed by atoms with van der Waals surface area (Å²) in [6, 6.07) is 6.01. The Hall–Kier alpha value is -1.51. The summed E-state index contributed by atoms with van der Waals surface area (Å²) in [6.07, 6.45) is 0. The second-order valence-electron chi connectivity index (χ2n) is 5.83. The molecular weight excluding hydrogens is 212 g/mol. The van der Waals surface area contributed by atoms with Gasteiger partial charge in [0.1, 0.15) is 0 Å². The minimum atomic E-state index is -0.474. The molecule has 1 aliphatic rings. The van der Waals surface area contributed by atoms with Crippen LogP contribution in [-0.2, 0) is 4.79 Å². The molecule has 0 unspecified atom stereocenters. The molecule has 1 heterocycles. The fraction of sp³-hybridized carbons (Fsp3) is 0.500. The predicted octanol–water partition coefficient (Wildman–Crippen LogP) is 3.16. The monoisotopic (exact) mass is 232 g/mol. The van der Waals surface area contributed by atoms with Crippen LogP contribution in [0.25, 0.3) is 0 Å². The fourth-order valence-corrected chi connectivity index (χ4v) is 1.98. The van der Waals surface area contributed by atoms with Gasteiger partial charge in [-0.05, 0) is 46.2 Å². The molecule has 3 nitrogen and oxygen atoms in total. The zero-order valence-corrected chi connectivity index (χ0v) is 11.1. The summed E-state index contributed by atoms with van der Waals surface area (Å²) >= 11 is 0. The average molecular weight is 232 g/mol. The van der Waals surface area contributed by atoms with E-state index < -0.39 is 5.41 Å². The van der Waals surface area contributed by atoms with E-state index in [1.165, 1.54) is 0 Å². The summed E-state index contributed by atoms with van der Waals surface area (Å²) in [4.78, 5) is 12.3. The zero-order valence-electron chi connectivity index (χ0n) is 11.1. The topological polar surface area (TPSA) is 41.1 Å². The number of anilines is 2. The maximum atomic E-state index is 12.3. The van der Waals surface area contributed by atoms with Crippen LogP contribution in [0, 0.1) is 12.3 Å². The minimum Gasteiger partial charge on any atom is -0.377 e. The number of hydrogen-bond acceptors (Lipinski definition) is 2. The van der Waals surface area contributed by atoms with Gasteiger partial charge in [-0.1, -0.05) is 12.1 Å². The first-order valence-electron chi connectivity index (χ1n) is 5.95. The first-order valence-corrected chi connectivity index (χ1v) is 5.95. The van der Waals surface area contributed by atoms with E-state index in [2.05, 4.69) is 24.5 Å². The van der Waals surface area contributed by atoms with Crippen LogP contribution in [0.2, 0.25) is 0 Å². The van der Waals surface area contributed by atoms with Crippen molar-refractivity contribution in [3.63, 3.8) is 0 Å². The lowest BCUT2D eigenvalue weighted by Crippen LogP contribution is -2.50. The van der Waals surface area contributed by atoms with Crippen LogP contribution in [-0.4, -0.2) is 11.4 Å². The molecule has 0 saturated heterocycles. The Labute approximate surface area is 103 Å². The lowest BCUT2D eigenvalue weighted by atomic mass is 9.74. The van der Waals surface area contributed by atoms with Crippen molar-refractivity contribution in [2.45, 2.75) is 40.2 Å². The van der Waals surface area contributed by atoms with Gasteiger partial charge in [-0.25, -0.2) is 0 Å². The molecule has 1 aromatic carbocycles. The number of hydrogen-bond donors (Lipinski definition) is 2. The summed E-state index contributed by atoms with van der Waals surface area (Å²) in [5, 5.41) is 6.51. The van der Waals surface area contributed by atoms with Crippen LogP contribution in [0.15, 0.2) is 18.2 Å². The Bertz CT molecular complexity index is 475. The molecular formula is C14H20N2O.